The molecule has 1 aromatic heterocycles. The topological polar surface area (TPSA) is 82.8 Å². The van der Waals surface area contributed by atoms with Crippen molar-refractivity contribution in [3.05, 3.63) is 58.5 Å². The molecule has 3 aromatic rings. The van der Waals surface area contributed by atoms with Crippen LogP contribution in [0.3, 0.4) is 0 Å². The second-order valence-electron chi connectivity index (χ2n) is 7.32. The lowest BCUT2D eigenvalue weighted by Gasteiger charge is -2.12. The average molecular weight is 475 g/mol. The molecular formula is C23H23ClN2O5S. The molecule has 7 nitrogen and oxygen atoms in total. The number of carboxylic acids is 1. The summed E-state index contributed by atoms with van der Waals surface area (Å²) in [7, 11) is 1.64. The fourth-order valence-electron chi connectivity index (χ4n) is 3.55. The van der Waals surface area contributed by atoms with Crippen molar-refractivity contribution >= 4 is 29.3 Å². The van der Waals surface area contributed by atoms with Gasteiger partial charge in [-0.25, -0.2) is 4.98 Å². The van der Waals surface area contributed by atoms with Gasteiger partial charge in [-0.15, -0.1) is 0 Å². The number of ether oxygens (including phenoxy) is 3. The first-order chi connectivity index (χ1) is 15.5. The first-order valence-electron chi connectivity index (χ1n) is 10.2. The fraction of sp³-hybridized carbons (Fsp3) is 0.304. The summed E-state index contributed by atoms with van der Waals surface area (Å²) in [6.45, 7) is 2.65. The smallest absolute Gasteiger partial charge is 0.309 e. The van der Waals surface area contributed by atoms with Gasteiger partial charge in [0, 0.05) is 16.0 Å². The van der Waals surface area contributed by atoms with E-state index >= 15 is 0 Å². The molecule has 0 radical (unpaired) electrons. The van der Waals surface area contributed by atoms with Crippen molar-refractivity contribution in [1.29, 1.82) is 0 Å². The first-order valence-corrected chi connectivity index (χ1v) is 11.4. The van der Waals surface area contributed by atoms with E-state index in [1.165, 1.54) is 11.8 Å². The number of hydrogen-bond donors (Lipinski definition) is 1. The van der Waals surface area contributed by atoms with Crippen LogP contribution in [-0.2, 0) is 24.2 Å². The molecule has 0 saturated carbocycles. The van der Waals surface area contributed by atoms with E-state index in [0.717, 1.165) is 34.6 Å². The molecule has 4 rings (SSSR count). The molecule has 0 aliphatic carbocycles. The molecule has 0 fully saturated rings. The molecule has 0 unspecified atom stereocenters. The SMILES string of the molecule is CCCc1cc(OC)ccc1Sc1ncn(Cc2cc3c(cc2Cl)OCO3)c1CC(=O)O. The molecular weight excluding hydrogens is 452 g/mol. The maximum Gasteiger partial charge on any atom is 0.309 e. The van der Waals surface area contributed by atoms with E-state index in [0.29, 0.717) is 33.8 Å². The molecule has 168 valence electrons. The summed E-state index contributed by atoms with van der Waals surface area (Å²) in [4.78, 5) is 17.2. The molecule has 9 heteroatoms. The number of hydrogen-bond acceptors (Lipinski definition) is 6. The van der Waals surface area contributed by atoms with Crippen molar-refractivity contribution in [2.24, 2.45) is 0 Å². The minimum Gasteiger partial charge on any atom is -0.497 e. The van der Waals surface area contributed by atoms with Gasteiger partial charge in [0.05, 0.1) is 32.1 Å². The fourth-order valence-corrected chi connectivity index (χ4v) is 4.80. The summed E-state index contributed by atoms with van der Waals surface area (Å²) in [5.74, 6) is 1.11. The quantitative estimate of drug-likeness (QED) is 0.464. The van der Waals surface area contributed by atoms with Crippen molar-refractivity contribution in [3.63, 3.8) is 0 Å². The number of methoxy groups -OCH3 is 1. The number of aryl methyl sites for hydroxylation is 1. The second kappa shape index (κ2) is 9.75. The molecule has 0 bridgehead atoms. The maximum absolute atomic E-state index is 11.6. The van der Waals surface area contributed by atoms with Crippen LogP contribution in [0.15, 0.2) is 46.6 Å². The molecule has 0 amide bonds. The van der Waals surface area contributed by atoms with Crippen LogP contribution in [0.5, 0.6) is 17.2 Å². The average Bonchev–Trinajstić information content (AvgIpc) is 3.36. The van der Waals surface area contributed by atoms with Gasteiger partial charge in [-0.3, -0.25) is 4.79 Å². The van der Waals surface area contributed by atoms with Gasteiger partial charge in [0.2, 0.25) is 6.79 Å². The van der Waals surface area contributed by atoms with Crippen LogP contribution in [0.25, 0.3) is 0 Å². The van der Waals surface area contributed by atoms with E-state index in [1.54, 1.807) is 19.5 Å². The highest BCUT2D eigenvalue weighted by molar-refractivity contribution is 7.99. The first kappa shape index (κ1) is 22.4. The van der Waals surface area contributed by atoms with Crippen molar-refractivity contribution < 1.29 is 24.1 Å². The highest BCUT2D eigenvalue weighted by Crippen LogP contribution is 2.38. The monoisotopic (exact) mass is 474 g/mol. The zero-order valence-electron chi connectivity index (χ0n) is 17.8. The molecule has 2 heterocycles. The van der Waals surface area contributed by atoms with Crippen LogP contribution < -0.4 is 14.2 Å². The highest BCUT2D eigenvalue weighted by Gasteiger charge is 2.20. The lowest BCUT2D eigenvalue weighted by molar-refractivity contribution is -0.136. The number of carboxylic acid groups (broad SMARTS) is 1. The largest absolute Gasteiger partial charge is 0.497 e. The summed E-state index contributed by atoms with van der Waals surface area (Å²) in [6.07, 6.45) is 3.38. The van der Waals surface area contributed by atoms with E-state index in [9.17, 15) is 9.90 Å². The minimum absolute atomic E-state index is 0.149. The van der Waals surface area contributed by atoms with E-state index in [1.807, 2.05) is 28.8 Å². The number of halogens is 1. The Hall–Kier alpha value is -2.84. The summed E-state index contributed by atoms with van der Waals surface area (Å²) in [6, 6.07) is 9.46. The number of carbonyl (C=O) groups is 1. The van der Waals surface area contributed by atoms with Gasteiger partial charge in [0.1, 0.15) is 10.8 Å². The summed E-state index contributed by atoms with van der Waals surface area (Å²) >= 11 is 7.90. The zero-order chi connectivity index (χ0) is 22.7. The van der Waals surface area contributed by atoms with Gasteiger partial charge in [-0.05, 0) is 41.8 Å². The molecule has 1 aliphatic heterocycles. The van der Waals surface area contributed by atoms with E-state index < -0.39 is 5.97 Å². The number of benzene rings is 2. The van der Waals surface area contributed by atoms with Crippen LogP contribution >= 0.6 is 23.4 Å². The van der Waals surface area contributed by atoms with Crippen LogP contribution in [-0.4, -0.2) is 34.5 Å². The van der Waals surface area contributed by atoms with Crippen molar-refractivity contribution in [2.75, 3.05) is 13.9 Å². The van der Waals surface area contributed by atoms with Crippen molar-refractivity contribution in [1.82, 2.24) is 9.55 Å². The Morgan fingerprint density at radius 3 is 2.75 bits per heavy atom. The molecule has 0 spiro atoms. The lowest BCUT2D eigenvalue weighted by atomic mass is 10.1. The lowest BCUT2D eigenvalue weighted by Crippen LogP contribution is -2.10. The van der Waals surface area contributed by atoms with Gasteiger partial charge in [0.15, 0.2) is 11.5 Å². The van der Waals surface area contributed by atoms with Crippen molar-refractivity contribution in [2.45, 2.75) is 42.7 Å². The van der Waals surface area contributed by atoms with Crippen LogP contribution in [0.1, 0.15) is 30.2 Å². The third-order valence-electron chi connectivity index (χ3n) is 5.10. The van der Waals surface area contributed by atoms with Gasteiger partial charge in [0.25, 0.3) is 0 Å². The van der Waals surface area contributed by atoms with Gasteiger partial charge in [-0.1, -0.05) is 36.7 Å². The number of imidazole rings is 1. The number of aromatic nitrogens is 2. The molecule has 0 saturated heterocycles. The molecule has 0 atom stereocenters. The Labute approximate surface area is 195 Å². The highest BCUT2D eigenvalue weighted by atomic mass is 35.5. The Morgan fingerprint density at radius 2 is 2.03 bits per heavy atom. The Kier molecular flexibility index (Phi) is 6.81. The molecule has 1 N–H and O–H groups in total. The summed E-state index contributed by atoms with van der Waals surface area (Å²) in [5, 5.41) is 10.7. The predicted molar refractivity (Wildman–Crippen MR) is 121 cm³/mol. The van der Waals surface area contributed by atoms with Crippen LogP contribution in [0.2, 0.25) is 5.02 Å². The predicted octanol–water partition coefficient (Wildman–Crippen LogP) is 5.05. The third-order valence-corrected chi connectivity index (χ3v) is 6.61. The Balaban J connectivity index is 1.66. The molecule has 1 aliphatic rings. The zero-order valence-corrected chi connectivity index (χ0v) is 19.3. The standard InChI is InChI=1S/C23H23ClN2O5S/c1-3-4-14-7-16(29-2)5-6-21(14)32-23-18(10-22(27)28)26(12-25-23)11-15-8-19-20(9-17(15)24)31-13-30-19/h5-9,12H,3-4,10-11,13H2,1-2H3,(H,27,28). The Bertz CT molecular complexity index is 1150. The minimum atomic E-state index is -0.922. The number of fused-ring (bicyclic) bond motifs is 1. The van der Waals surface area contributed by atoms with E-state index in [-0.39, 0.29) is 13.2 Å². The number of nitrogens with zero attached hydrogens (tertiary/aromatic N) is 2. The van der Waals surface area contributed by atoms with Crippen LogP contribution in [0, 0.1) is 0 Å². The van der Waals surface area contributed by atoms with Gasteiger partial charge >= 0.3 is 5.97 Å². The molecule has 32 heavy (non-hydrogen) atoms. The maximum atomic E-state index is 11.6. The van der Waals surface area contributed by atoms with E-state index in [4.69, 9.17) is 25.8 Å². The second-order valence-corrected chi connectivity index (χ2v) is 8.76. The molecule has 2 aromatic carbocycles. The number of aliphatic carboxylic acids is 1. The third kappa shape index (κ3) is 4.81. The Morgan fingerprint density at radius 1 is 1.25 bits per heavy atom. The van der Waals surface area contributed by atoms with Gasteiger partial charge < -0.3 is 23.9 Å². The summed E-state index contributed by atoms with van der Waals surface area (Å²) < 4.78 is 18.0. The summed E-state index contributed by atoms with van der Waals surface area (Å²) in [5.41, 5.74) is 2.56. The number of rotatable bonds is 9. The van der Waals surface area contributed by atoms with E-state index in [2.05, 4.69) is 11.9 Å². The van der Waals surface area contributed by atoms with Crippen molar-refractivity contribution in [3.8, 4) is 17.2 Å². The normalized spacial score (nSPS) is 12.2. The van der Waals surface area contributed by atoms with Crippen LogP contribution in [0.4, 0.5) is 0 Å². The van der Waals surface area contributed by atoms with Gasteiger partial charge in [-0.2, -0.15) is 0 Å².